The second-order valence-corrected chi connectivity index (χ2v) is 8.39. The van der Waals surface area contributed by atoms with Crippen LogP contribution in [0.1, 0.15) is 0 Å². The number of benzene rings is 3. The van der Waals surface area contributed by atoms with E-state index in [-0.39, 0.29) is 5.56 Å². The van der Waals surface area contributed by atoms with Crippen LogP contribution in [0.25, 0.3) is 33.8 Å². The number of hydrogen-bond acceptors (Lipinski definition) is 3. The van der Waals surface area contributed by atoms with Gasteiger partial charge in [0.15, 0.2) is 5.65 Å². The van der Waals surface area contributed by atoms with Crippen molar-refractivity contribution in [1.29, 1.82) is 0 Å². The number of fused-ring (bicyclic) bond motifs is 1. The summed E-state index contributed by atoms with van der Waals surface area (Å²) in [6, 6.07) is 24.7. The summed E-state index contributed by atoms with van der Waals surface area (Å²) >= 11 is 8.31. The van der Waals surface area contributed by atoms with Gasteiger partial charge in [0, 0.05) is 20.4 Å². The number of aromatic nitrogens is 4. The largest absolute Gasteiger partial charge is 0.269 e. The Morgan fingerprint density at radius 3 is 2.23 bits per heavy atom. The molecule has 30 heavy (non-hydrogen) atoms. The summed E-state index contributed by atoms with van der Waals surface area (Å²) in [7, 11) is 0. The lowest BCUT2D eigenvalue weighted by molar-refractivity contribution is 0.888. The van der Waals surface area contributed by atoms with Gasteiger partial charge in [0.1, 0.15) is 11.2 Å². The SMILES string of the molecule is O=c1c2cn(-c3ccccc3)nc2nc(-c2ccc(I)cc2)n1-c1ccc(Cl)cc1. The monoisotopic (exact) mass is 524 g/mol. The Kier molecular flexibility index (Phi) is 4.88. The van der Waals surface area contributed by atoms with E-state index in [1.807, 2.05) is 66.7 Å². The van der Waals surface area contributed by atoms with Gasteiger partial charge in [0.05, 0.1) is 11.4 Å². The minimum atomic E-state index is -0.182. The van der Waals surface area contributed by atoms with E-state index in [2.05, 4.69) is 27.7 Å². The van der Waals surface area contributed by atoms with E-state index in [9.17, 15) is 4.79 Å². The minimum Gasteiger partial charge on any atom is -0.268 e. The highest BCUT2D eigenvalue weighted by molar-refractivity contribution is 14.1. The normalized spacial score (nSPS) is 11.1. The van der Waals surface area contributed by atoms with Crippen LogP contribution in [0.4, 0.5) is 0 Å². The maximum Gasteiger partial charge on any atom is 0.269 e. The molecule has 5 nitrogen and oxygen atoms in total. The third kappa shape index (κ3) is 3.42. The molecule has 146 valence electrons. The maximum atomic E-state index is 13.6. The van der Waals surface area contributed by atoms with Crippen LogP contribution in [0.3, 0.4) is 0 Å². The zero-order chi connectivity index (χ0) is 20.7. The molecule has 3 aromatic carbocycles. The van der Waals surface area contributed by atoms with Crippen molar-refractivity contribution in [3.8, 4) is 22.8 Å². The molecule has 0 radical (unpaired) electrons. The highest BCUT2D eigenvalue weighted by atomic mass is 127. The fourth-order valence-electron chi connectivity index (χ4n) is 3.30. The summed E-state index contributed by atoms with van der Waals surface area (Å²) in [5, 5.41) is 5.62. The molecular weight excluding hydrogens is 511 g/mol. The van der Waals surface area contributed by atoms with Gasteiger partial charge >= 0.3 is 0 Å². The third-order valence-electron chi connectivity index (χ3n) is 4.76. The van der Waals surface area contributed by atoms with Crippen molar-refractivity contribution in [1.82, 2.24) is 19.3 Å². The van der Waals surface area contributed by atoms with Crippen LogP contribution in [-0.2, 0) is 0 Å². The van der Waals surface area contributed by atoms with Crippen molar-refractivity contribution in [3.05, 3.63) is 104 Å². The molecule has 2 aromatic heterocycles. The zero-order valence-electron chi connectivity index (χ0n) is 15.5. The van der Waals surface area contributed by atoms with Gasteiger partial charge in [0.25, 0.3) is 5.56 Å². The summed E-state index contributed by atoms with van der Waals surface area (Å²) in [6.45, 7) is 0. The van der Waals surface area contributed by atoms with Gasteiger partial charge in [-0.25, -0.2) is 9.67 Å². The van der Waals surface area contributed by atoms with Gasteiger partial charge in [-0.15, -0.1) is 5.10 Å². The smallest absolute Gasteiger partial charge is 0.268 e. The number of hydrogen-bond donors (Lipinski definition) is 0. The lowest BCUT2D eigenvalue weighted by Gasteiger charge is -2.12. The van der Waals surface area contributed by atoms with E-state index in [0.717, 1.165) is 14.8 Å². The fourth-order valence-corrected chi connectivity index (χ4v) is 3.79. The van der Waals surface area contributed by atoms with Crippen LogP contribution in [0.15, 0.2) is 89.9 Å². The summed E-state index contributed by atoms with van der Waals surface area (Å²) in [6.07, 6.45) is 1.73. The number of rotatable bonds is 3. The summed E-state index contributed by atoms with van der Waals surface area (Å²) in [5.74, 6) is 0.532. The van der Waals surface area contributed by atoms with Crippen molar-refractivity contribution in [2.24, 2.45) is 0 Å². The summed E-state index contributed by atoms with van der Waals surface area (Å²) < 4.78 is 4.40. The molecule has 5 aromatic rings. The molecule has 2 heterocycles. The van der Waals surface area contributed by atoms with E-state index >= 15 is 0 Å². The molecule has 0 atom stereocenters. The average Bonchev–Trinajstić information content (AvgIpc) is 3.21. The van der Waals surface area contributed by atoms with Crippen molar-refractivity contribution in [2.75, 3.05) is 0 Å². The number of nitrogens with zero attached hydrogens (tertiary/aromatic N) is 4. The van der Waals surface area contributed by atoms with E-state index in [4.69, 9.17) is 16.6 Å². The molecule has 0 amide bonds. The van der Waals surface area contributed by atoms with Gasteiger partial charge in [-0.2, -0.15) is 0 Å². The van der Waals surface area contributed by atoms with Crippen molar-refractivity contribution in [3.63, 3.8) is 0 Å². The first-order valence-corrected chi connectivity index (χ1v) is 10.7. The molecule has 0 bridgehead atoms. The van der Waals surface area contributed by atoms with Crippen LogP contribution in [0, 0.1) is 3.57 Å². The molecule has 0 saturated heterocycles. The molecule has 0 fully saturated rings. The average molecular weight is 525 g/mol. The predicted octanol–water partition coefficient (Wildman–Crippen LogP) is 5.50. The highest BCUT2D eigenvalue weighted by Gasteiger charge is 2.17. The van der Waals surface area contributed by atoms with Gasteiger partial charge in [0.2, 0.25) is 0 Å². The summed E-state index contributed by atoms with van der Waals surface area (Å²) in [5.41, 5.74) is 2.61. The Morgan fingerprint density at radius 1 is 0.833 bits per heavy atom. The van der Waals surface area contributed by atoms with Crippen LogP contribution >= 0.6 is 34.2 Å². The van der Waals surface area contributed by atoms with Gasteiger partial charge in [-0.05, 0) is 71.1 Å². The molecule has 0 aliphatic rings. The fraction of sp³-hybridized carbons (Fsp3) is 0. The van der Waals surface area contributed by atoms with E-state index in [1.54, 1.807) is 27.6 Å². The molecule has 0 aliphatic heterocycles. The molecule has 7 heteroatoms. The van der Waals surface area contributed by atoms with Gasteiger partial charge in [-0.3, -0.25) is 9.36 Å². The van der Waals surface area contributed by atoms with Crippen LogP contribution < -0.4 is 5.56 Å². The molecular formula is C23H14ClIN4O. The van der Waals surface area contributed by atoms with Crippen molar-refractivity contribution in [2.45, 2.75) is 0 Å². The Hall–Kier alpha value is -2.97. The van der Waals surface area contributed by atoms with E-state index in [0.29, 0.717) is 27.6 Å². The first-order chi connectivity index (χ1) is 14.6. The summed E-state index contributed by atoms with van der Waals surface area (Å²) in [4.78, 5) is 18.3. The molecule has 0 N–H and O–H groups in total. The highest BCUT2D eigenvalue weighted by Crippen LogP contribution is 2.24. The Labute approximate surface area is 190 Å². The number of para-hydroxylation sites is 1. The Balaban J connectivity index is 1.81. The minimum absolute atomic E-state index is 0.182. The van der Waals surface area contributed by atoms with E-state index in [1.165, 1.54) is 0 Å². The van der Waals surface area contributed by atoms with Gasteiger partial charge < -0.3 is 0 Å². The number of halogens is 2. The van der Waals surface area contributed by atoms with Crippen LogP contribution in [-0.4, -0.2) is 19.3 Å². The predicted molar refractivity (Wildman–Crippen MR) is 128 cm³/mol. The molecule has 0 aliphatic carbocycles. The van der Waals surface area contributed by atoms with Crippen LogP contribution in [0.5, 0.6) is 0 Å². The Bertz CT molecular complexity index is 1410. The first kappa shape index (κ1) is 19.0. The second-order valence-electron chi connectivity index (χ2n) is 6.71. The first-order valence-electron chi connectivity index (χ1n) is 9.20. The molecule has 0 saturated carbocycles. The topological polar surface area (TPSA) is 52.7 Å². The molecule has 5 rings (SSSR count). The standard InChI is InChI=1S/C23H14ClIN4O/c24-16-8-12-19(13-9-16)29-22(15-6-10-17(25)11-7-15)26-21-20(23(29)30)14-28(27-21)18-4-2-1-3-5-18/h1-14H. The third-order valence-corrected chi connectivity index (χ3v) is 5.73. The zero-order valence-corrected chi connectivity index (χ0v) is 18.4. The maximum absolute atomic E-state index is 13.6. The van der Waals surface area contributed by atoms with Crippen molar-refractivity contribution < 1.29 is 0 Å². The Morgan fingerprint density at radius 2 is 1.53 bits per heavy atom. The lowest BCUT2D eigenvalue weighted by atomic mass is 10.2. The second kappa shape index (κ2) is 7.70. The molecule has 0 spiro atoms. The van der Waals surface area contributed by atoms with Gasteiger partial charge in [-0.1, -0.05) is 41.9 Å². The lowest BCUT2D eigenvalue weighted by Crippen LogP contribution is -2.21. The molecule has 0 unspecified atom stereocenters. The van der Waals surface area contributed by atoms with Crippen LogP contribution in [0.2, 0.25) is 5.02 Å². The van der Waals surface area contributed by atoms with Crippen molar-refractivity contribution >= 4 is 45.2 Å². The quantitative estimate of drug-likeness (QED) is 0.293. The van der Waals surface area contributed by atoms with E-state index < -0.39 is 0 Å².